The quantitative estimate of drug-likeness (QED) is 0.0140. The van der Waals surface area contributed by atoms with Crippen molar-refractivity contribution in [2.24, 2.45) is 17.6 Å². The molecule has 11 bridgehead atoms. The lowest BCUT2D eigenvalue weighted by molar-refractivity contribution is -0.326. The number of nitrogens with one attached hydrogen (secondary N) is 10. The summed E-state index contributed by atoms with van der Waals surface area (Å²) < 4.78 is 43.4. The number of nitrogens with two attached hydrogens (primary N) is 1. The molecule has 0 aliphatic carbocycles. The number of phenolic OH excluding ortho intramolecular Hbond substituents is 3. The van der Waals surface area contributed by atoms with Crippen LogP contribution in [0.5, 0.6) is 46.0 Å². The Kier molecular flexibility index (Phi) is 38.7. The van der Waals surface area contributed by atoms with E-state index in [1.807, 2.05) is 0 Å². The molecule has 7 heterocycles. The van der Waals surface area contributed by atoms with Gasteiger partial charge in [0.1, 0.15) is 138 Å². The lowest BCUT2D eigenvalue weighted by atomic mass is 9.78. The Hall–Kier alpha value is -10.1. The molecular formula is C90H123Cl2N11O34. The molecule has 0 spiro atoms. The maximum Gasteiger partial charge on any atom is 0.251 e. The molecule has 45 nitrogen and oxygen atoms in total. The van der Waals surface area contributed by atoms with Crippen LogP contribution in [0.3, 0.4) is 0 Å². The van der Waals surface area contributed by atoms with Gasteiger partial charge in [-0.3, -0.25) is 43.2 Å². The van der Waals surface area contributed by atoms with E-state index in [0.29, 0.717) is 13.0 Å². The first-order valence-electron chi connectivity index (χ1n) is 44.8. The first-order valence-corrected chi connectivity index (χ1v) is 45.5. The lowest BCUT2D eigenvalue weighted by Crippen LogP contribution is -2.63. The minimum atomic E-state index is -2.54. The normalized spacial score (nSPS) is 26.7. The van der Waals surface area contributed by atoms with Crippen LogP contribution in [0.15, 0.2) is 78.9 Å². The van der Waals surface area contributed by atoms with E-state index in [9.17, 15) is 106 Å². The Morgan fingerprint density at radius 3 is 1.75 bits per heavy atom. The van der Waals surface area contributed by atoms with E-state index in [-0.39, 0.29) is 29.9 Å². The molecule has 2 saturated heterocycles. The van der Waals surface area contributed by atoms with Crippen LogP contribution in [0, 0.1) is 11.8 Å². The molecule has 26 atom stereocenters. The van der Waals surface area contributed by atoms with Gasteiger partial charge in [-0.15, -0.1) is 0 Å². The van der Waals surface area contributed by atoms with Crippen molar-refractivity contribution in [1.29, 1.82) is 0 Å². The Balaban J connectivity index is 1.11. The van der Waals surface area contributed by atoms with Crippen LogP contribution in [-0.2, 0) is 62.1 Å². The highest BCUT2D eigenvalue weighted by Gasteiger charge is 2.53. The Bertz CT molecular complexity index is 5040. The van der Waals surface area contributed by atoms with Crippen LogP contribution in [0.4, 0.5) is 0 Å². The number of aliphatic hydroxyl groups is 15. The van der Waals surface area contributed by atoms with Crippen LogP contribution in [0.25, 0.3) is 11.1 Å². The number of primary amides is 1. The van der Waals surface area contributed by atoms with Gasteiger partial charge in [0, 0.05) is 36.7 Å². The number of hydrogen-bond donors (Lipinski definition) is 29. The third-order valence-corrected chi connectivity index (χ3v) is 25.1. The molecule has 137 heavy (non-hydrogen) atoms. The van der Waals surface area contributed by atoms with Gasteiger partial charge in [0.15, 0.2) is 36.3 Å². The summed E-state index contributed by atoms with van der Waals surface area (Å²) in [7, 11) is 1.45. The number of halogens is 2. The SMILES string of the molecule is CCCCCCCCN[C@@](C[C@@H](O)OC1C(O)[C@@H](O)[C@@H](CO)O[C@@H]1Oc1c2cc3cc1Oc1ccc(cc1Cl)[C@@H](O)[C@@H](NC(=O)[C@@H](CC(C)C)NC)C(=O)N[C@@H](CC(N)=O)C(=O)N[C@H]3C(=O)N[C@H]1C(=O)N[C@H](C(=O)N[C@H](C(=O)NCCCNC(=O)[C@H](O)[C@@H](O)[C@H](OC3OC(CO)C(O)C(O)C3O)[C@H](O)CO)c3cc(O)cc(O)c3-c3cc1ccc3O)[C@H](O)c1ccc(c(Cl)c1)O2)(C(C)C)[C@H](C)O. The second kappa shape index (κ2) is 48.6. The average molecular weight is 1970 g/mol. The van der Waals surface area contributed by atoms with Crippen molar-refractivity contribution in [3.05, 3.63) is 117 Å². The van der Waals surface area contributed by atoms with Crippen LogP contribution in [-0.4, -0.2) is 320 Å². The smallest absolute Gasteiger partial charge is 0.251 e. The molecule has 0 radical (unpaired) electrons. The van der Waals surface area contributed by atoms with E-state index in [1.54, 1.807) is 27.7 Å². The number of ether oxygens (including phenoxy) is 7. The van der Waals surface area contributed by atoms with E-state index in [4.69, 9.17) is 62.1 Å². The zero-order valence-electron chi connectivity index (χ0n) is 75.8. The van der Waals surface area contributed by atoms with Crippen molar-refractivity contribution >= 4 is 76.4 Å². The fourth-order valence-electron chi connectivity index (χ4n) is 16.8. The molecule has 2 fully saturated rings. The zero-order chi connectivity index (χ0) is 101. The molecular weight excluding hydrogens is 1850 g/mol. The molecule has 12 rings (SSSR count). The number of phenols is 3. The largest absolute Gasteiger partial charge is 0.508 e. The number of carbonyl (C=O) groups is 9. The van der Waals surface area contributed by atoms with Gasteiger partial charge in [-0.1, -0.05) is 108 Å². The first-order chi connectivity index (χ1) is 64.9. The molecule has 30 N–H and O–H groups in total. The number of fused-ring (bicyclic) bond motifs is 15. The van der Waals surface area contributed by atoms with Crippen molar-refractivity contribution < 1.29 is 168 Å². The monoisotopic (exact) mass is 1970 g/mol. The van der Waals surface area contributed by atoms with Crippen LogP contribution in [0.1, 0.15) is 164 Å². The fourth-order valence-corrected chi connectivity index (χ4v) is 17.3. The number of unbranched alkanes of at least 4 members (excludes halogenated alkanes) is 5. The van der Waals surface area contributed by atoms with Crippen LogP contribution in [0.2, 0.25) is 10.0 Å². The second-order valence-corrected chi connectivity index (χ2v) is 35.9. The van der Waals surface area contributed by atoms with Crippen molar-refractivity contribution in [3.8, 4) is 57.1 Å². The second-order valence-electron chi connectivity index (χ2n) is 35.1. The molecule has 9 amide bonds. The van der Waals surface area contributed by atoms with E-state index in [1.165, 1.54) is 20.0 Å². The maximum absolute atomic E-state index is 16.4. The summed E-state index contributed by atoms with van der Waals surface area (Å²) in [5.41, 5.74) is 1.26. The summed E-state index contributed by atoms with van der Waals surface area (Å²) in [6.45, 7) is 6.94. The Labute approximate surface area is 796 Å². The standard InChI is InChI=1S/C90H123Cl2N11O34/c1-8-9-10-11-12-13-23-97-90(38(4)5,39(6)107)33-61(113)135-79-73(119)71(117)59(36-106)134-89(79)137-78-56-28-43-29-57(78)132-55-20-17-42(27-48(55)92)69(115)67-86(129)101-65(82(125)95-21-14-22-96-87(130)75(121)74(120)77(53(111)34-104)136-88-76(122)72(118)70(116)58(35-105)133-88)46-30-44(108)31-52(110)62(46)45-25-40(15-18-51(45)109)63(83(126)103-67)100-84(127)64(43)99-81(124)50(32-60(93)112)98-85(128)66(102-80(123)49(94-7)24-37(2)3)68(114)41-16-19-54(131-56)47(91)26-41/h15-20,25-31,37-39,49-50,53,58-59,61,63-77,79,88-89,94,97,104-111,113-122H,8-14,21-24,32-36H2,1-7H3,(H2,93,112)(H,95,125)(H,96,130)(H,98,128)(H,99,124)(H,100,127)(H,101,129)(H,102,123)(H,103,126)/t39-,49+,50-,53+,58?,59+,61-,63+,64+,65-,66+,67-,68+,69+,70?,71-,72?,73?,74+,75+,76?,77+,79?,88?,89+,90-/m0/s1. The molecule has 5 aromatic rings. The number of likely N-dealkylation sites (N-methyl/N-ethyl adjacent to an activating group) is 1. The lowest BCUT2D eigenvalue weighted by Gasteiger charge is -2.45. The number of rotatable bonds is 37. The van der Waals surface area contributed by atoms with Crippen molar-refractivity contribution in [3.63, 3.8) is 0 Å². The van der Waals surface area contributed by atoms with Gasteiger partial charge in [0.25, 0.3) is 5.91 Å². The van der Waals surface area contributed by atoms with Gasteiger partial charge in [0.2, 0.25) is 59.3 Å². The summed E-state index contributed by atoms with van der Waals surface area (Å²) in [6, 6.07) is -1.58. The van der Waals surface area contributed by atoms with Crippen molar-refractivity contribution in [2.45, 2.75) is 264 Å². The summed E-state index contributed by atoms with van der Waals surface area (Å²) >= 11 is 14.4. The van der Waals surface area contributed by atoms with Gasteiger partial charge < -0.3 is 184 Å². The van der Waals surface area contributed by atoms with Gasteiger partial charge in [-0.05, 0) is 134 Å². The number of benzene rings is 5. The molecule has 756 valence electrons. The average Bonchev–Trinajstić information content (AvgIpc) is 0.762. The molecule has 5 aromatic carbocycles. The van der Waals surface area contributed by atoms with Gasteiger partial charge in [-0.2, -0.15) is 0 Å². The zero-order valence-corrected chi connectivity index (χ0v) is 77.3. The van der Waals surface area contributed by atoms with Gasteiger partial charge in [0.05, 0.1) is 54.0 Å². The van der Waals surface area contributed by atoms with Crippen LogP contribution < -0.4 is 73.1 Å². The maximum atomic E-state index is 16.4. The Morgan fingerprint density at radius 1 is 0.577 bits per heavy atom. The highest BCUT2D eigenvalue weighted by Crippen LogP contribution is 2.50. The number of carbonyl (C=O) groups excluding carboxylic acids is 9. The van der Waals surface area contributed by atoms with E-state index >= 15 is 28.8 Å². The van der Waals surface area contributed by atoms with Crippen molar-refractivity contribution in [2.75, 3.05) is 46.5 Å². The third kappa shape index (κ3) is 26.1. The minimum absolute atomic E-state index is 0.144. The van der Waals surface area contributed by atoms with E-state index in [0.717, 1.165) is 105 Å². The fraction of sp³-hybridized carbons (Fsp3) is 0.567. The first kappa shape index (κ1) is 109. The van der Waals surface area contributed by atoms with Crippen LogP contribution >= 0.6 is 23.2 Å². The summed E-state index contributed by atoms with van der Waals surface area (Å²) in [6.07, 6.45) is -33.1. The van der Waals surface area contributed by atoms with Gasteiger partial charge >= 0.3 is 0 Å². The summed E-state index contributed by atoms with van der Waals surface area (Å²) in [5.74, 6) is -18.3. The third-order valence-electron chi connectivity index (χ3n) is 24.6. The number of aliphatic hydroxyl groups excluding tert-OH is 15. The predicted molar refractivity (Wildman–Crippen MR) is 480 cm³/mol. The molecule has 7 unspecified atom stereocenters. The molecule has 47 heteroatoms. The number of hydrogen-bond acceptors (Lipinski definition) is 36. The van der Waals surface area contributed by atoms with E-state index < -0.39 is 347 Å². The van der Waals surface area contributed by atoms with Gasteiger partial charge in [-0.25, -0.2) is 0 Å². The van der Waals surface area contributed by atoms with Crippen molar-refractivity contribution in [1.82, 2.24) is 53.2 Å². The number of aromatic hydroxyl groups is 3. The summed E-state index contributed by atoms with van der Waals surface area (Å²) in [5, 5.41) is 228. The molecule has 7 aliphatic rings. The molecule has 7 aliphatic heterocycles. The molecule has 0 saturated carbocycles. The minimum Gasteiger partial charge on any atom is -0.508 e. The molecule has 0 aromatic heterocycles. The Morgan fingerprint density at radius 2 is 1.16 bits per heavy atom. The highest BCUT2D eigenvalue weighted by atomic mass is 35.5. The number of amides is 9. The summed E-state index contributed by atoms with van der Waals surface area (Å²) in [4.78, 5) is 135. The van der Waals surface area contributed by atoms with E-state index in [2.05, 4.69) is 60.1 Å². The predicted octanol–water partition coefficient (Wildman–Crippen LogP) is -2.87. The topological polar surface area (TPSA) is 729 Å². The highest BCUT2D eigenvalue weighted by molar-refractivity contribution is 6.32.